The Morgan fingerprint density at radius 1 is 0.981 bits per heavy atom. The molecule has 2 amide bonds. The smallest absolute Gasteiger partial charge is 0.407 e. The van der Waals surface area contributed by atoms with Crippen molar-refractivity contribution in [2.75, 3.05) is 39.1 Å². The number of Topliss-reactive ketones (excluding diaryl/α,β-unsaturated/α-hetero) is 1. The molecule has 0 spiro atoms. The molecule has 5 rings (SSSR count). The molecule has 1 fully saturated rings. The van der Waals surface area contributed by atoms with Gasteiger partial charge in [0.1, 0.15) is 11.4 Å². The Kier molecular flexibility index (Phi) is 14.2. The average molecular weight is 758 g/mol. The van der Waals surface area contributed by atoms with Gasteiger partial charge in [-0.05, 0) is 132 Å². The van der Waals surface area contributed by atoms with Crippen LogP contribution in [0.4, 0.5) is 10.5 Å². The molecule has 1 aliphatic carbocycles. The number of hydrogen-bond acceptors (Lipinski definition) is 9. The first kappa shape index (κ1) is 40.4. The summed E-state index contributed by atoms with van der Waals surface area (Å²) >= 11 is 5.90. The minimum Gasteiger partial charge on any atom is -0.478 e. The van der Waals surface area contributed by atoms with Gasteiger partial charge in [0.2, 0.25) is 17.1 Å². The van der Waals surface area contributed by atoms with Crippen molar-refractivity contribution >= 4 is 35.1 Å². The minimum atomic E-state index is -0.595. The Morgan fingerprint density at radius 2 is 1.72 bits per heavy atom. The summed E-state index contributed by atoms with van der Waals surface area (Å²) in [5.41, 5.74) is 3.63. The highest BCUT2D eigenvalue weighted by Crippen LogP contribution is 2.32. The third kappa shape index (κ3) is 12.7. The number of alkyl carbamates (subject to hydrolysis) is 1. The first-order valence-electron chi connectivity index (χ1n) is 18.6. The molecule has 0 radical (unpaired) electrons. The zero-order valence-electron chi connectivity index (χ0n) is 31.9. The molecular formula is C41H52ClN7O5. The van der Waals surface area contributed by atoms with E-state index in [1.165, 1.54) is 0 Å². The highest BCUT2D eigenvalue weighted by atomic mass is 35.5. The maximum Gasteiger partial charge on any atom is 0.407 e. The summed E-state index contributed by atoms with van der Waals surface area (Å²) in [4.78, 5) is 50.7. The van der Waals surface area contributed by atoms with Gasteiger partial charge in [0.15, 0.2) is 5.82 Å². The molecule has 54 heavy (non-hydrogen) atoms. The molecule has 288 valence electrons. The Hall–Kier alpha value is -4.81. The number of anilines is 1. The molecule has 2 aromatic heterocycles. The second kappa shape index (κ2) is 19.0. The van der Waals surface area contributed by atoms with Crippen LogP contribution in [0.5, 0.6) is 5.88 Å². The van der Waals surface area contributed by atoms with Crippen molar-refractivity contribution in [3.8, 4) is 28.4 Å². The molecule has 12 nitrogen and oxygen atoms in total. The lowest BCUT2D eigenvalue weighted by molar-refractivity contribution is -0.129. The van der Waals surface area contributed by atoms with Gasteiger partial charge < -0.3 is 25.0 Å². The van der Waals surface area contributed by atoms with Gasteiger partial charge in [0.25, 0.3) is 0 Å². The van der Waals surface area contributed by atoms with Crippen LogP contribution in [0.25, 0.3) is 22.5 Å². The molecular weight excluding hydrogens is 706 g/mol. The van der Waals surface area contributed by atoms with E-state index in [0.29, 0.717) is 37.0 Å². The topological polar surface area (TPSA) is 151 Å². The normalized spacial score (nSPS) is 16.4. The minimum absolute atomic E-state index is 0.0899. The molecule has 3 N–H and O–H groups in total. The van der Waals surface area contributed by atoms with Crippen molar-refractivity contribution in [1.82, 2.24) is 30.4 Å². The zero-order chi connectivity index (χ0) is 38.7. The van der Waals surface area contributed by atoms with Crippen LogP contribution < -0.4 is 15.4 Å². The van der Waals surface area contributed by atoms with Crippen LogP contribution in [-0.2, 0) is 20.7 Å². The molecule has 0 aliphatic heterocycles. The van der Waals surface area contributed by atoms with E-state index in [1.54, 1.807) is 18.3 Å². The number of nitrogens with one attached hydrogen (secondary N) is 3. The maximum atomic E-state index is 13.9. The van der Waals surface area contributed by atoms with Crippen molar-refractivity contribution in [3.05, 3.63) is 77.7 Å². The summed E-state index contributed by atoms with van der Waals surface area (Å²) in [6.45, 7) is 7.55. The van der Waals surface area contributed by atoms with E-state index in [1.807, 2.05) is 77.3 Å². The Bertz CT molecular complexity index is 1830. The van der Waals surface area contributed by atoms with Gasteiger partial charge in [-0.1, -0.05) is 24.3 Å². The number of benzene rings is 2. The Labute approximate surface area is 322 Å². The summed E-state index contributed by atoms with van der Waals surface area (Å²) in [5.74, 6) is 0.441. The molecule has 4 aromatic rings. The summed E-state index contributed by atoms with van der Waals surface area (Å²) in [5, 5.41) is 12.8. The number of ketones is 1. The fourth-order valence-electron chi connectivity index (χ4n) is 6.57. The van der Waals surface area contributed by atoms with Gasteiger partial charge in [0.05, 0.1) is 6.61 Å². The number of amides is 2. The molecule has 0 bridgehead atoms. The van der Waals surface area contributed by atoms with Crippen molar-refractivity contribution in [3.63, 3.8) is 0 Å². The lowest BCUT2D eigenvalue weighted by atomic mass is 9.77. The first-order valence-corrected chi connectivity index (χ1v) is 19.0. The SMILES string of the molecule is CN(C)CCCOc1ccc(-c2cccc(C[C@H](CC(=O)C3CCC(CNC(=O)OC(C)(C)C)CC3)C(=O)Nc3ccc(-c4n[nH]c(Cl)n4)cc3)c2)cn1. The van der Waals surface area contributed by atoms with E-state index in [0.717, 1.165) is 60.9 Å². The first-order chi connectivity index (χ1) is 25.8. The van der Waals surface area contributed by atoms with E-state index in [4.69, 9.17) is 21.1 Å². The summed E-state index contributed by atoms with van der Waals surface area (Å²) < 4.78 is 11.2. The lowest BCUT2D eigenvalue weighted by Crippen LogP contribution is -2.37. The van der Waals surface area contributed by atoms with E-state index in [2.05, 4.69) is 41.8 Å². The number of hydrogen-bond donors (Lipinski definition) is 3. The lowest BCUT2D eigenvalue weighted by Gasteiger charge is -2.29. The summed E-state index contributed by atoms with van der Waals surface area (Å²) in [7, 11) is 4.07. The van der Waals surface area contributed by atoms with Crippen molar-refractivity contribution in [2.45, 2.75) is 71.3 Å². The average Bonchev–Trinajstić information content (AvgIpc) is 3.58. The standard InChI is InChI=1S/C41H52ClN7O5/c1-41(2,3)54-40(52)44-25-27-10-12-29(13-11-27)35(50)24-33(38(51)45-34-17-14-30(15-18-34)37-46-39(42)48-47-37)23-28-8-6-9-31(22-28)32-16-19-36(43-26-32)53-21-7-20-49(4)5/h6,8-9,14-19,22,26-27,29,33H,7,10-13,20-21,23-25H2,1-5H3,(H,44,52)(H,45,51)(H,46,47,48)/t27?,29?,33-/m1/s1. The van der Waals surface area contributed by atoms with Crippen molar-refractivity contribution < 1.29 is 23.9 Å². The number of carbonyl (C=O) groups excluding carboxylic acids is 3. The second-order valence-electron chi connectivity index (χ2n) is 15.3. The predicted molar refractivity (Wildman–Crippen MR) is 210 cm³/mol. The Balaban J connectivity index is 1.24. The number of halogens is 1. The van der Waals surface area contributed by atoms with Crippen LogP contribution in [0, 0.1) is 17.8 Å². The number of carbonyl (C=O) groups is 3. The second-order valence-corrected chi connectivity index (χ2v) is 15.6. The van der Waals surface area contributed by atoms with Gasteiger partial charge in [0, 0.05) is 60.4 Å². The third-order valence-electron chi connectivity index (χ3n) is 9.40. The molecule has 13 heteroatoms. The molecule has 1 saturated carbocycles. The zero-order valence-corrected chi connectivity index (χ0v) is 32.6. The van der Waals surface area contributed by atoms with Gasteiger partial charge in [-0.2, -0.15) is 10.1 Å². The summed E-state index contributed by atoms with van der Waals surface area (Å²) in [6.07, 6.45) is 5.87. The highest BCUT2D eigenvalue weighted by Gasteiger charge is 2.31. The largest absolute Gasteiger partial charge is 0.478 e. The fraction of sp³-hybridized carbons (Fsp3) is 0.463. The molecule has 1 aliphatic rings. The number of pyridine rings is 1. The molecule has 0 unspecified atom stereocenters. The van der Waals surface area contributed by atoms with Crippen LogP contribution >= 0.6 is 11.6 Å². The third-order valence-corrected chi connectivity index (χ3v) is 9.57. The van der Waals surface area contributed by atoms with Crippen LogP contribution in [0.3, 0.4) is 0 Å². The van der Waals surface area contributed by atoms with Crippen LogP contribution in [0.2, 0.25) is 5.28 Å². The van der Waals surface area contributed by atoms with Crippen LogP contribution in [-0.4, -0.2) is 82.2 Å². The maximum absolute atomic E-state index is 13.9. The predicted octanol–water partition coefficient (Wildman–Crippen LogP) is 7.61. The number of aromatic nitrogens is 4. The van der Waals surface area contributed by atoms with E-state index in [-0.39, 0.29) is 35.2 Å². The number of ether oxygens (including phenoxy) is 2. The van der Waals surface area contributed by atoms with Crippen molar-refractivity contribution in [2.24, 2.45) is 17.8 Å². The van der Waals surface area contributed by atoms with E-state index < -0.39 is 17.6 Å². The number of nitrogens with zero attached hydrogens (tertiary/aromatic N) is 4. The van der Waals surface area contributed by atoms with Gasteiger partial charge in [-0.25, -0.2) is 14.9 Å². The molecule has 2 heterocycles. The number of rotatable bonds is 16. The van der Waals surface area contributed by atoms with Gasteiger partial charge >= 0.3 is 6.09 Å². The van der Waals surface area contributed by atoms with Gasteiger partial charge in [-0.3, -0.25) is 9.59 Å². The van der Waals surface area contributed by atoms with Crippen LogP contribution in [0.1, 0.15) is 64.9 Å². The van der Waals surface area contributed by atoms with Crippen LogP contribution in [0.15, 0.2) is 66.9 Å². The Morgan fingerprint density at radius 3 is 2.37 bits per heavy atom. The summed E-state index contributed by atoms with van der Waals surface area (Å²) in [6, 6.07) is 19.1. The molecule has 0 saturated heterocycles. The van der Waals surface area contributed by atoms with E-state index >= 15 is 0 Å². The highest BCUT2D eigenvalue weighted by molar-refractivity contribution is 6.28. The van der Waals surface area contributed by atoms with Gasteiger partial charge in [-0.15, -0.1) is 0 Å². The number of aromatic amines is 1. The molecule has 1 atom stereocenters. The quantitative estimate of drug-likeness (QED) is 0.0982. The molecule has 2 aromatic carbocycles. The van der Waals surface area contributed by atoms with Crippen molar-refractivity contribution in [1.29, 1.82) is 0 Å². The number of H-pyrrole nitrogens is 1. The van der Waals surface area contributed by atoms with E-state index in [9.17, 15) is 14.4 Å². The monoisotopic (exact) mass is 757 g/mol. The fourth-order valence-corrected chi connectivity index (χ4v) is 6.69.